The first-order valence-corrected chi connectivity index (χ1v) is 7.99. The normalized spacial score (nSPS) is 13.1. The highest BCUT2D eigenvalue weighted by atomic mass is 35.5. The number of hydrogen-bond donors (Lipinski definition) is 1. The van der Waals surface area contributed by atoms with Crippen LogP contribution in [0.1, 0.15) is 13.8 Å². The van der Waals surface area contributed by atoms with Gasteiger partial charge in [0.1, 0.15) is 0 Å². The highest BCUT2D eigenvalue weighted by molar-refractivity contribution is 7.92. The largest absolute Gasteiger partial charge is 0.369 e. The van der Waals surface area contributed by atoms with Gasteiger partial charge in [0.2, 0.25) is 5.95 Å². The third-order valence-corrected chi connectivity index (χ3v) is 5.65. The van der Waals surface area contributed by atoms with E-state index < -0.39 is 14.6 Å². The van der Waals surface area contributed by atoms with E-state index in [-0.39, 0.29) is 12.5 Å². The Hall–Kier alpha value is -1.27. The molecule has 0 saturated heterocycles. The van der Waals surface area contributed by atoms with Gasteiger partial charge in [0.05, 0.1) is 15.8 Å². The lowest BCUT2D eigenvalue weighted by Gasteiger charge is -2.23. The Morgan fingerprint density at radius 1 is 1.42 bits per heavy atom. The molecule has 7 heteroatoms. The van der Waals surface area contributed by atoms with E-state index in [9.17, 15) is 8.42 Å². The average molecular weight is 302 g/mol. The fourth-order valence-electron chi connectivity index (χ4n) is 1.78. The summed E-state index contributed by atoms with van der Waals surface area (Å²) in [5, 5.41) is 0.561. The molecule has 2 aromatic rings. The van der Waals surface area contributed by atoms with Gasteiger partial charge in [0.25, 0.3) is 0 Å². The third-order valence-electron chi connectivity index (χ3n) is 3.28. The first kappa shape index (κ1) is 14.1. The number of hydrogen-bond acceptors (Lipinski definition) is 4. The van der Waals surface area contributed by atoms with Crippen molar-refractivity contribution in [3.63, 3.8) is 0 Å². The maximum Gasteiger partial charge on any atom is 0.201 e. The molecule has 0 aliphatic heterocycles. The van der Waals surface area contributed by atoms with Gasteiger partial charge in [-0.1, -0.05) is 11.6 Å². The van der Waals surface area contributed by atoms with Crippen LogP contribution in [0.5, 0.6) is 0 Å². The molecule has 5 nitrogen and oxygen atoms in total. The summed E-state index contributed by atoms with van der Waals surface area (Å²) in [5.41, 5.74) is 7.31. The summed E-state index contributed by atoms with van der Waals surface area (Å²) >= 11 is 5.96. The minimum Gasteiger partial charge on any atom is -0.369 e. The van der Waals surface area contributed by atoms with Crippen LogP contribution in [0, 0.1) is 0 Å². The second kappa shape index (κ2) is 4.38. The summed E-state index contributed by atoms with van der Waals surface area (Å²) < 4.78 is 24.3. The van der Waals surface area contributed by atoms with Crippen LogP contribution in [-0.4, -0.2) is 29.0 Å². The number of nitrogens with zero attached hydrogens (tertiary/aromatic N) is 2. The Kier molecular flexibility index (Phi) is 3.26. The predicted molar refractivity (Wildman–Crippen MR) is 78.1 cm³/mol. The Labute approximate surface area is 117 Å². The quantitative estimate of drug-likeness (QED) is 0.941. The van der Waals surface area contributed by atoms with Crippen molar-refractivity contribution in [1.82, 2.24) is 9.55 Å². The van der Waals surface area contributed by atoms with Crippen molar-refractivity contribution in [2.24, 2.45) is 0 Å². The number of nitrogens with two attached hydrogens (primary N) is 1. The van der Waals surface area contributed by atoms with Gasteiger partial charge in [-0.05, 0) is 32.0 Å². The lowest BCUT2D eigenvalue weighted by atomic mass is 10.2. The summed E-state index contributed by atoms with van der Waals surface area (Å²) in [5.74, 6) is 0.286. The molecule has 0 radical (unpaired) electrons. The molecule has 0 aliphatic carbocycles. The Morgan fingerprint density at radius 2 is 2.05 bits per heavy atom. The van der Waals surface area contributed by atoms with Gasteiger partial charge in [0, 0.05) is 17.8 Å². The van der Waals surface area contributed by atoms with Gasteiger partial charge in [-0.3, -0.25) is 0 Å². The molecule has 1 aromatic carbocycles. The van der Waals surface area contributed by atoms with E-state index in [0.717, 1.165) is 5.52 Å². The van der Waals surface area contributed by atoms with Crippen LogP contribution >= 0.6 is 11.6 Å². The minimum atomic E-state index is -3.21. The topological polar surface area (TPSA) is 78.0 Å². The Bertz CT molecular complexity index is 735. The zero-order valence-electron chi connectivity index (χ0n) is 11.0. The van der Waals surface area contributed by atoms with Crippen molar-refractivity contribution < 1.29 is 8.42 Å². The molecule has 104 valence electrons. The molecule has 1 heterocycles. The van der Waals surface area contributed by atoms with Crippen LogP contribution in [0.4, 0.5) is 5.95 Å². The second-order valence-electron chi connectivity index (χ2n) is 5.22. The molecule has 2 rings (SSSR count). The standard InChI is InChI=1S/C12H16ClN3O2S/c1-12(2,19(3,17)18)7-16-10-6-8(13)4-5-9(10)15-11(16)14/h4-6H,7H2,1-3H3,(H2,14,15). The smallest absolute Gasteiger partial charge is 0.201 e. The number of rotatable bonds is 3. The van der Waals surface area contributed by atoms with Crippen LogP contribution in [0.15, 0.2) is 18.2 Å². The van der Waals surface area contributed by atoms with Gasteiger partial charge < -0.3 is 10.3 Å². The Morgan fingerprint density at radius 3 is 2.63 bits per heavy atom. The van der Waals surface area contributed by atoms with Crippen LogP contribution in [0.2, 0.25) is 5.02 Å². The van der Waals surface area contributed by atoms with Crippen molar-refractivity contribution >= 4 is 38.4 Å². The number of fused-ring (bicyclic) bond motifs is 1. The molecule has 0 amide bonds. The van der Waals surface area contributed by atoms with Gasteiger partial charge in [0.15, 0.2) is 9.84 Å². The van der Waals surface area contributed by atoms with Crippen molar-refractivity contribution in [1.29, 1.82) is 0 Å². The monoisotopic (exact) mass is 301 g/mol. The molecular weight excluding hydrogens is 286 g/mol. The maximum absolute atomic E-state index is 11.8. The van der Waals surface area contributed by atoms with Crippen LogP contribution in [-0.2, 0) is 16.4 Å². The van der Waals surface area contributed by atoms with Crippen molar-refractivity contribution in [3.8, 4) is 0 Å². The molecule has 0 unspecified atom stereocenters. The summed E-state index contributed by atoms with van der Waals surface area (Å²) in [6, 6.07) is 5.22. The van der Waals surface area contributed by atoms with Crippen molar-refractivity contribution in [2.45, 2.75) is 25.1 Å². The number of sulfone groups is 1. The molecule has 2 N–H and O–H groups in total. The maximum atomic E-state index is 11.8. The molecule has 0 atom stereocenters. The number of benzene rings is 1. The van der Waals surface area contributed by atoms with Gasteiger partial charge >= 0.3 is 0 Å². The number of imidazole rings is 1. The lowest BCUT2D eigenvalue weighted by molar-refractivity contribution is 0.511. The average Bonchev–Trinajstić information content (AvgIpc) is 2.54. The highest BCUT2D eigenvalue weighted by Gasteiger charge is 2.31. The van der Waals surface area contributed by atoms with Crippen molar-refractivity contribution in [3.05, 3.63) is 23.2 Å². The van der Waals surface area contributed by atoms with E-state index in [1.165, 1.54) is 6.26 Å². The lowest BCUT2D eigenvalue weighted by Crippen LogP contribution is -2.36. The number of anilines is 1. The predicted octanol–water partition coefficient (Wildman–Crippen LogP) is 2.10. The summed E-state index contributed by atoms with van der Waals surface area (Å²) in [6.07, 6.45) is 1.22. The van der Waals surface area contributed by atoms with Crippen LogP contribution in [0.3, 0.4) is 0 Å². The van der Waals surface area contributed by atoms with Crippen LogP contribution in [0.25, 0.3) is 11.0 Å². The molecule has 0 spiro atoms. The SMILES string of the molecule is CC(C)(Cn1c(N)nc2ccc(Cl)cc21)S(C)(=O)=O. The van der Waals surface area contributed by atoms with E-state index in [1.54, 1.807) is 36.6 Å². The number of halogens is 1. The molecule has 1 aromatic heterocycles. The van der Waals surface area contributed by atoms with Crippen LogP contribution < -0.4 is 5.73 Å². The molecule has 0 bridgehead atoms. The third kappa shape index (κ3) is 2.55. The first-order chi connectivity index (χ1) is 8.62. The molecular formula is C12H16ClN3O2S. The van der Waals surface area contributed by atoms with Crippen molar-refractivity contribution in [2.75, 3.05) is 12.0 Å². The molecule has 19 heavy (non-hydrogen) atoms. The summed E-state index contributed by atoms with van der Waals surface area (Å²) in [7, 11) is -3.21. The molecule has 0 aliphatic rings. The van der Waals surface area contributed by atoms with E-state index in [2.05, 4.69) is 4.98 Å². The zero-order valence-corrected chi connectivity index (χ0v) is 12.6. The Balaban J connectivity index is 2.57. The van der Waals surface area contributed by atoms with Gasteiger partial charge in [-0.15, -0.1) is 0 Å². The highest BCUT2D eigenvalue weighted by Crippen LogP contribution is 2.26. The second-order valence-corrected chi connectivity index (χ2v) is 8.31. The van der Waals surface area contributed by atoms with Gasteiger partial charge in [-0.2, -0.15) is 0 Å². The molecule has 0 fully saturated rings. The minimum absolute atomic E-state index is 0.231. The zero-order chi connectivity index (χ0) is 14.4. The summed E-state index contributed by atoms with van der Waals surface area (Å²) in [6.45, 7) is 3.56. The first-order valence-electron chi connectivity index (χ1n) is 5.73. The van der Waals surface area contributed by atoms with Gasteiger partial charge in [-0.25, -0.2) is 13.4 Å². The van der Waals surface area contributed by atoms with E-state index in [0.29, 0.717) is 10.5 Å². The van der Waals surface area contributed by atoms with E-state index in [4.69, 9.17) is 17.3 Å². The van der Waals surface area contributed by atoms with E-state index >= 15 is 0 Å². The summed E-state index contributed by atoms with van der Waals surface area (Å²) in [4.78, 5) is 4.21. The fourth-order valence-corrected chi connectivity index (χ4v) is 2.31. The fraction of sp³-hybridized carbons (Fsp3) is 0.417. The number of nitrogen functional groups attached to an aromatic ring is 1. The molecule has 0 saturated carbocycles. The number of aromatic nitrogens is 2. The van der Waals surface area contributed by atoms with E-state index in [1.807, 2.05) is 0 Å².